The normalized spacial score (nSPS) is 10.7. The number of aliphatic carboxylic acids is 1. The predicted octanol–water partition coefficient (Wildman–Crippen LogP) is 0.684. The van der Waals surface area contributed by atoms with Crippen LogP contribution in [0.25, 0.3) is 0 Å². The first-order valence-electron chi connectivity index (χ1n) is 6.25. The molecule has 0 spiro atoms. The molecule has 1 heterocycles. The van der Waals surface area contributed by atoms with Crippen molar-refractivity contribution in [1.82, 2.24) is 15.1 Å². The van der Waals surface area contributed by atoms with Crippen LogP contribution in [-0.2, 0) is 16.1 Å². The Labute approximate surface area is 112 Å². The molecule has 7 heteroatoms. The molecule has 1 rings (SSSR count). The van der Waals surface area contributed by atoms with Gasteiger partial charge in [-0.05, 0) is 13.0 Å². The largest absolute Gasteiger partial charge is 0.480 e. The number of anilines is 1. The van der Waals surface area contributed by atoms with Gasteiger partial charge >= 0.3 is 5.97 Å². The smallest absolute Gasteiger partial charge is 0.325 e. The summed E-state index contributed by atoms with van der Waals surface area (Å²) >= 11 is 0. The zero-order chi connectivity index (χ0) is 14.3. The van der Waals surface area contributed by atoms with E-state index in [1.807, 2.05) is 0 Å². The quantitative estimate of drug-likeness (QED) is 0.603. The molecule has 106 valence electrons. The van der Waals surface area contributed by atoms with Crippen molar-refractivity contribution >= 4 is 17.6 Å². The van der Waals surface area contributed by atoms with E-state index >= 15 is 0 Å². The van der Waals surface area contributed by atoms with Gasteiger partial charge in [-0.25, -0.2) is 0 Å². The van der Waals surface area contributed by atoms with Crippen LogP contribution in [0.5, 0.6) is 0 Å². The van der Waals surface area contributed by atoms with Gasteiger partial charge in [-0.1, -0.05) is 13.8 Å². The molecule has 3 N–H and O–H groups in total. The first-order chi connectivity index (χ1) is 8.97. The fraction of sp³-hybridized carbons (Fsp3) is 0.583. The second kappa shape index (κ2) is 7.52. The van der Waals surface area contributed by atoms with Crippen molar-refractivity contribution in [3.63, 3.8) is 0 Å². The molecule has 0 aromatic carbocycles. The lowest BCUT2D eigenvalue weighted by Gasteiger charge is -2.07. The lowest BCUT2D eigenvalue weighted by Crippen LogP contribution is -2.24. The third kappa shape index (κ3) is 6.56. The Hall–Kier alpha value is -1.89. The third-order valence-electron chi connectivity index (χ3n) is 2.35. The van der Waals surface area contributed by atoms with Crippen molar-refractivity contribution in [3.05, 3.63) is 12.4 Å². The lowest BCUT2D eigenvalue weighted by atomic mass is 10.2. The number of hydrogen-bond acceptors (Lipinski definition) is 4. The van der Waals surface area contributed by atoms with E-state index < -0.39 is 5.97 Å². The molecule has 1 aromatic rings. The molecule has 1 amide bonds. The summed E-state index contributed by atoms with van der Waals surface area (Å²) < 4.78 is 1.26. The molecule has 19 heavy (non-hydrogen) atoms. The molecule has 0 saturated heterocycles. The number of carboxylic acids is 1. The van der Waals surface area contributed by atoms with Gasteiger partial charge in [0.1, 0.15) is 6.54 Å². The van der Waals surface area contributed by atoms with Gasteiger partial charge in [0, 0.05) is 18.7 Å². The fourth-order valence-electron chi connectivity index (χ4n) is 1.52. The van der Waals surface area contributed by atoms with E-state index in [9.17, 15) is 9.59 Å². The third-order valence-corrected chi connectivity index (χ3v) is 2.35. The van der Waals surface area contributed by atoms with Crippen LogP contribution in [0.4, 0.5) is 5.69 Å². The summed E-state index contributed by atoms with van der Waals surface area (Å²) in [4.78, 5) is 22.1. The minimum absolute atomic E-state index is 0.0968. The zero-order valence-electron chi connectivity index (χ0n) is 11.2. The maximum Gasteiger partial charge on any atom is 0.325 e. The molecule has 0 radical (unpaired) electrons. The van der Waals surface area contributed by atoms with Crippen LogP contribution in [0.3, 0.4) is 0 Å². The Kier molecular flexibility index (Phi) is 6.01. The first-order valence-corrected chi connectivity index (χ1v) is 6.25. The van der Waals surface area contributed by atoms with Gasteiger partial charge in [0.15, 0.2) is 0 Å². The highest BCUT2D eigenvalue weighted by Gasteiger charge is 2.06. The van der Waals surface area contributed by atoms with Crippen LogP contribution in [0.2, 0.25) is 0 Å². The molecule has 0 fully saturated rings. The summed E-state index contributed by atoms with van der Waals surface area (Å²) in [5.74, 6) is -1.07. The molecule has 0 atom stereocenters. The van der Waals surface area contributed by atoms with Crippen LogP contribution < -0.4 is 10.6 Å². The van der Waals surface area contributed by atoms with Gasteiger partial charge in [0.2, 0.25) is 5.91 Å². The molecule has 0 aliphatic rings. The van der Waals surface area contributed by atoms with Crippen molar-refractivity contribution in [2.45, 2.75) is 39.3 Å². The molecule has 1 aromatic heterocycles. The van der Waals surface area contributed by atoms with E-state index in [1.165, 1.54) is 17.1 Å². The molecule has 0 saturated carbocycles. The van der Waals surface area contributed by atoms with Gasteiger partial charge < -0.3 is 15.7 Å². The summed E-state index contributed by atoms with van der Waals surface area (Å²) in [6, 6.07) is 0.414. The standard InChI is InChI=1S/C12H20N4O3/c1-9(2)13-5-3-4-11(17)15-10-6-14-16(7-10)8-12(18)19/h6-7,9,13H,3-5,8H2,1-2H3,(H,15,17)(H,18,19). The van der Waals surface area contributed by atoms with Crippen LogP contribution in [-0.4, -0.2) is 39.4 Å². The van der Waals surface area contributed by atoms with Crippen LogP contribution in [0.15, 0.2) is 12.4 Å². The number of hydrogen-bond donors (Lipinski definition) is 3. The molecule has 7 nitrogen and oxygen atoms in total. The highest BCUT2D eigenvalue weighted by molar-refractivity contribution is 5.90. The van der Waals surface area contributed by atoms with Gasteiger partial charge in [0.25, 0.3) is 0 Å². The summed E-state index contributed by atoms with van der Waals surface area (Å²) in [6.07, 6.45) is 4.11. The molecule has 0 aliphatic carbocycles. The minimum Gasteiger partial charge on any atom is -0.480 e. The molecule has 0 aliphatic heterocycles. The average molecular weight is 268 g/mol. The van der Waals surface area contributed by atoms with Gasteiger partial charge in [-0.15, -0.1) is 0 Å². The highest BCUT2D eigenvalue weighted by atomic mass is 16.4. The number of amides is 1. The van der Waals surface area contributed by atoms with E-state index in [1.54, 1.807) is 0 Å². The summed E-state index contributed by atoms with van der Waals surface area (Å²) in [7, 11) is 0. The van der Waals surface area contributed by atoms with Gasteiger partial charge in [-0.3, -0.25) is 14.3 Å². The molecule has 0 bridgehead atoms. The zero-order valence-corrected chi connectivity index (χ0v) is 11.2. The second-order valence-corrected chi connectivity index (χ2v) is 4.58. The lowest BCUT2D eigenvalue weighted by molar-refractivity contribution is -0.137. The fourth-order valence-corrected chi connectivity index (χ4v) is 1.52. The Morgan fingerprint density at radius 1 is 1.47 bits per heavy atom. The number of nitrogens with one attached hydrogen (secondary N) is 2. The number of carboxylic acid groups (broad SMARTS) is 1. The Morgan fingerprint density at radius 2 is 2.21 bits per heavy atom. The number of carbonyl (C=O) groups is 2. The monoisotopic (exact) mass is 268 g/mol. The Balaban J connectivity index is 2.28. The maximum absolute atomic E-state index is 11.6. The maximum atomic E-state index is 11.6. The van der Waals surface area contributed by atoms with Crippen LogP contribution in [0, 0.1) is 0 Å². The Bertz CT molecular complexity index is 428. The molecular weight excluding hydrogens is 248 g/mol. The molecule has 0 unspecified atom stereocenters. The van der Waals surface area contributed by atoms with Gasteiger partial charge in [0.05, 0.1) is 11.9 Å². The van der Waals surface area contributed by atoms with Crippen molar-refractivity contribution in [3.8, 4) is 0 Å². The number of nitrogens with zero attached hydrogens (tertiary/aromatic N) is 2. The summed E-state index contributed by atoms with van der Waals surface area (Å²) in [5.41, 5.74) is 0.517. The Morgan fingerprint density at radius 3 is 2.84 bits per heavy atom. The van der Waals surface area contributed by atoms with Crippen LogP contribution in [0.1, 0.15) is 26.7 Å². The van der Waals surface area contributed by atoms with E-state index in [0.29, 0.717) is 18.2 Å². The van der Waals surface area contributed by atoms with E-state index in [0.717, 1.165) is 13.0 Å². The topological polar surface area (TPSA) is 96.3 Å². The van der Waals surface area contributed by atoms with E-state index in [-0.39, 0.29) is 12.5 Å². The number of aromatic nitrogens is 2. The average Bonchev–Trinajstić information content (AvgIpc) is 2.70. The predicted molar refractivity (Wildman–Crippen MR) is 70.9 cm³/mol. The van der Waals surface area contributed by atoms with Crippen LogP contribution >= 0.6 is 0 Å². The van der Waals surface area contributed by atoms with Gasteiger partial charge in [-0.2, -0.15) is 5.10 Å². The van der Waals surface area contributed by atoms with E-state index in [2.05, 4.69) is 29.6 Å². The summed E-state index contributed by atoms with van der Waals surface area (Å²) in [6.45, 7) is 4.69. The summed E-state index contributed by atoms with van der Waals surface area (Å²) in [5, 5.41) is 18.3. The van der Waals surface area contributed by atoms with E-state index in [4.69, 9.17) is 5.11 Å². The van der Waals surface area contributed by atoms with Crippen molar-refractivity contribution < 1.29 is 14.7 Å². The first kappa shape index (κ1) is 15.2. The van der Waals surface area contributed by atoms with Crippen molar-refractivity contribution in [2.75, 3.05) is 11.9 Å². The number of carbonyl (C=O) groups excluding carboxylic acids is 1. The SMILES string of the molecule is CC(C)NCCCC(=O)Nc1cnn(CC(=O)O)c1. The highest BCUT2D eigenvalue weighted by Crippen LogP contribution is 2.05. The second-order valence-electron chi connectivity index (χ2n) is 4.58. The number of rotatable bonds is 8. The molecular formula is C12H20N4O3. The van der Waals surface area contributed by atoms with Crippen molar-refractivity contribution in [1.29, 1.82) is 0 Å². The van der Waals surface area contributed by atoms with Crippen molar-refractivity contribution in [2.24, 2.45) is 0 Å². The minimum atomic E-state index is -0.972.